The molecule has 0 aliphatic carbocycles. The Morgan fingerprint density at radius 1 is 1.22 bits per heavy atom. The normalized spacial score (nSPS) is 10.3. The highest BCUT2D eigenvalue weighted by atomic mass is 35.5. The van der Waals surface area contributed by atoms with Gasteiger partial charge in [0.1, 0.15) is 12.7 Å². The van der Waals surface area contributed by atoms with Crippen molar-refractivity contribution in [2.45, 2.75) is 0 Å². The van der Waals surface area contributed by atoms with Crippen LogP contribution in [0.5, 0.6) is 0 Å². The third-order valence-corrected chi connectivity index (χ3v) is 3.87. The Hall–Kier alpha value is -3.39. The third kappa shape index (κ3) is 4.62. The summed E-state index contributed by atoms with van der Waals surface area (Å²) in [5, 5.41) is 10.3. The Bertz CT molecular complexity index is 959. The molecule has 1 aromatic heterocycles. The fourth-order valence-electron chi connectivity index (χ4n) is 2.39. The zero-order valence-electron chi connectivity index (χ0n) is 14.3. The lowest BCUT2D eigenvalue weighted by atomic mass is 10.2. The fraction of sp³-hybridized carbons (Fsp3) is 0.111. The van der Waals surface area contributed by atoms with Crippen molar-refractivity contribution in [1.82, 2.24) is 14.8 Å². The van der Waals surface area contributed by atoms with E-state index in [4.69, 9.17) is 11.6 Å². The van der Waals surface area contributed by atoms with Gasteiger partial charge in [0.2, 0.25) is 5.91 Å². The maximum absolute atomic E-state index is 12.3. The third-order valence-electron chi connectivity index (χ3n) is 3.63. The van der Waals surface area contributed by atoms with Crippen LogP contribution in [0.15, 0.2) is 55.1 Å². The largest absolute Gasteiger partial charge is 0.465 e. The van der Waals surface area contributed by atoms with Crippen molar-refractivity contribution in [1.29, 1.82) is 0 Å². The van der Waals surface area contributed by atoms with Crippen molar-refractivity contribution in [3.8, 4) is 5.69 Å². The number of anilines is 2. The van der Waals surface area contributed by atoms with Crippen LogP contribution in [0.3, 0.4) is 0 Å². The van der Waals surface area contributed by atoms with Gasteiger partial charge in [0.25, 0.3) is 0 Å². The summed E-state index contributed by atoms with van der Waals surface area (Å²) in [4.78, 5) is 27.8. The van der Waals surface area contributed by atoms with Crippen molar-refractivity contribution in [3.63, 3.8) is 0 Å². The fourth-order valence-corrected chi connectivity index (χ4v) is 2.56. The smallest absolute Gasteiger partial charge is 0.337 e. The molecule has 0 atom stereocenters. The number of halogens is 1. The molecule has 0 unspecified atom stereocenters. The summed E-state index contributed by atoms with van der Waals surface area (Å²) in [6.45, 7) is -0.00602. The highest BCUT2D eigenvalue weighted by molar-refractivity contribution is 6.31. The molecule has 0 aliphatic rings. The van der Waals surface area contributed by atoms with E-state index in [0.717, 1.165) is 0 Å². The Labute approximate surface area is 160 Å². The van der Waals surface area contributed by atoms with Gasteiger partial charge in [-0.1, -0.05) is 17.7 Å². The highest BCUT2D eigenvalue weighted by Gasteiger charge is 2.11. The van der Waals surface area contributed by atoms with Crippen molar-refractivity contribution < 1.29 is 14.3 Å². The average molecular weight is 386 g/mol. The predicted octanol–water partition coefficient (Wildman–Crippen LogP) is 2.76. The average Bonchev–Trinajstić information content (AvgIpc) is 3.20. The first-order valence-corrected chi connectivity index (χ1v) is 8.31. The molecule has 3 rings (SSSR count). The summed E-state index contributed by atoms with van der Waals surface area (Å²) in [6, 6.07) is 11.8. The molecule has 1 heterocycles. The van der Waals surface area contributed by atoms with Crippen LogP contribution in [0.1, 0.15) is 10.4 Å². The van der Waals surface area contributed by atoms with Crippen molar-refractivity contribution >= 4 is 34.9 Å². The second-order valence-electron chi connectivity index (χ2n) is 5.48. The molecule has 27 heavy (non-hydrogen) atoms. The van der Waals surface area contributed by atoms with E-state index in [2.05, 4.69) is 25.5 Å². The molecule has 0 aliphatic heterocycles. The number of rotatable bonds is 6. The summed E-state index contributed by atoms with van der Waals surface area (Å²) in [6.07, 6.45) is 2.92. The topological polar surface area (TPSA) is 98.1 Å². The first kappa shape index (κ1) is 18.4. The molecule has 0 saturated carbocycles. The molecule has 8 nitrogen and oxygen atoms in total. The van der Waals surface area contributed by atoms with Gasteiger partial charge in [-0.15, -0.1) is 0 Å². The van der Waals surface area contributed by atoms with Crippen LogP contribution in [0, 0.1) is 0 Å². The number of hydrogen-bond donors (Lipinski definition) is 2. The Morgan fingerprint density at radius 2 is 2.07 bits per heavy atom. The van der Waals surface area contributed by atoms with E-state index >= 15 is 0 Å². The summed E-state index contributed by atoms with van der Waals surface area (Å²) >= 11 is 6.04. The number of hydrogen-bond acceptors (Lipinski definition) is 6. The minimum atomic E-state index is -0.445. The molecule has 0 spiro atoms. The lowest BCUT2D eigenvalue weighted by Crippen LogP contribution is -2.22. The molecule has 0 radical (unpaired) electrons. The molecule has 0 saturated heterocycles. The van der Waals surface area contributed by atoms with Gasteiger partial charge in [0.05, 0.1) is 30.6 Å². The molecule has 0 bridgehead atoms. The maximum atomic E-state index is 12.3. The van der Waals surface area contributed by atoms with Gasteiger partial charge in [-0.05, 0) is 36.4 Å². The lowest BCUT2D eigenvalue weighted by Gasteiger charge is -2.12. The number of nitrogens with zero attached hydrogens (tertiary/aromatic N) is 3. The van der Waals surface area contributed by atoms with E-state index in [0.29, 0.717) is 27.6 Å². The first-order chi connectivity index (χ1) is 13.1. The lowest BCUT2D eigenvalue weighted by molar-refractivity contribution is -0.114. The van der Waals surface area contributed by atoms with Crippen molar-refractivity contribution in [3.05, 3.63) is 65.7 Å². The van der Waals surface area contributed by atoms with E-state index in [1.807, 2.05) is 0 Å². The zero-order valence-corrected chi connectivity index (χ0v) is 15.1. The molecule has 0 fully saturated rings. The zero-order chi connectivity index (χ0) is 19.2. The Kier molecular flexibility index (Phi) is 5.68. The first-order valence-electron chi connectivity index (χ1n) is 7.93. The monoisotopic (exact) mass is 385 g/mol. The summed E-state index contributed by atoms with van der Waals surface area (Å²) in [5.41, 5.74) is 2.16. The van der Waals surface area contributed by atoms with Crippen LogP contribution in [-0.2, 0) is 9.53 Å². The highest BCUT2D eigenvalue weighted by Crippen LogP contribution is 2.24. The second kappa shape index (κ2) is 8.33. The molecule has 2 aromatic carbocycles. The minimum Gasteiger partial charge on any atom is -0.465 e. The van der Waals surface area contributed by atoms with E-state index < -0.39 is 5.97 Å². The van der Waals surface area contributed by atoms with Gasteiger partial charge in [-0.25, -0.2) is 14.5 Å². The number of ether oxygens (including phenoxy) is 1. The molecular weight excluding hydrogens is 370 g/mol. The Balaban J connectivity index is 1.68. The number of amides is 1. The number of carbonyl (C=O) groups is 2. The van der Waals surface area contributed by atoms with E-state index in [1.165, 1.54) is 24.4 Å². The molecule has 9 heteroatoms. The second-order valence-corrected chi connectivity index (χ2v) is 5.91. The number of methoxy groups -OCH3 is 1. The van der Waals surface area contributed by atoms with Gasteiger partial charge in [-0.3, -0.25) is 4.79 Å². The molecular formula is C18H16ClN5O3. The minimum absolute atomic E-state index is 0.00602. The van der Waals surface area contributed by atoms with Gasteiger partial charge >= 0.3 is 5.97 Å². The van der Waals surface area contributed by atoms with Gasteiger partial charge in [-0.2, -0.15) is 5.10 Å². The number of esters is 1. The van der Waals surface area contributed by atoms with Crippen LogP contribution < -0.4 is 10.6 Å². The van der Waals surface area contributed by atoms with Crippen molar-refractivity contribution in [2.75, 3.05) is 24.3 Å². The van der Waals surface area contributed by atoms with Gasteiger partial charge in [0, 0.05) is 10.7 Å². The molecule has 1 amide bonds. The van der Waals surface area contributed by atoms with E-state index in [9.17, 15) is 9.59 Å². The number of carbonyl (C=O) groups excluding carboxylic acids is 2. The number of aromatic nitrogens is 3. The quantitative estimate of drug-likeness (QED) is 0.633. The van der Waals surface area contributed by atoms with Crippen LogP contribution >= 0.6 is 11.6 Å². The summed E-state index contributed by atoms with van der Waals surface area (Å²) in [7, 11) is 1.31. The van der Waals surface area contributed by atoms with Crippen LogP contribution in [-0.4, -0.2) is 40.3 Å². The molecule has 138 valence electrons. The number of nitrogens with one attached hydrogen (secondary N) is 2. The SMILES string of the molecule is COC(=O)c1cccc(NCC(=O)Nc2cc(Cl)ccc2-n2cncn2)c1. The Morgan fingerprint density at radius 3 is 2.81 bits per heavy atom. The van der Waals surface area contributed by atoms with E-state index in [1.54, 1.807) is 42.5 Å². The van der Waals surface area contributed by atoms with Crippen molar-refractivity contribution in [2.24, 2.45) is 0 Å². The van der Waals surface area contributed by atoms with Gasteiger partial charge in [0.15, 0.2) is 0 Å². The van der Waals surface area contributed by atoms with Crippen LogP contribution in [0.4, 0.5) is 11.4 Å². The predicted molar refractivity (Wildman–Crippen MR) is 101 cm³/mol. The van der Waals surface area contributed by atoms with Crippen LogP contribution in [0.2, 0.25) is 5.02 Å². The van der Waals surface area contributed by atoms with Crippen LogP contribution in [0.25, 0.3) is 5.69 Å². The molecule has 2 N–H and O–H groups in total. The van der Waals surface area contributed by atoms with E-state index in [-0.39, 0.29) is 12.5 Å². The maximum Gasteiger partial charge on any atom is 0.337 e. The molecule has 3 aromatic rings. The summed E-state index contributed by atoms with van der Waals surface area (Å²) < 4.78 is 6.21. The standard InChI is InChI=1S/C18H16ClN5O3/c1-27-18(26)12-3-2-4-14(7-12)21-9-17(25)23-15-8-13(19)5-6-16(15)24-11-20-10-22-24/h2-8,10-11,21H,9H2,1H3,(H,23,25). The number of benzene rings is 2. The summed E-state index contributed by atoms with van der Waals surface area (Å²) in [5.74, 6) is -0.735. The van der Waals surface area contributed by atoms with Gasteiger partial charge < -0.3 is 15.4 Å².